The summed E-state index contributed by atoms with van der Waals surface area (Å²) in [6.45, 7) is 0. The smallest absolute Gasteiger partial charge is 0.387 e. The first-order chi connectivity index (χ1) is 14.1. The molecule has 0 saturated carbocycles. The summed E-state index contributed by atoms with van der Waals surface area (Å²) in [4.78, 5) is 5.46. The molecule has 2 N–H and O–H groups in total. The number of nitriles is 1. The molecule has 0 saturated heterocycles. The Kier molecular flexibility index (Phi) is 6.53. The van der Waals surface area contributed by atoms with Crippen molar-refractivity contribution in [2.45, 2.75) is 30.7 Å². The molecule has 3 atom stereocenters. The molecule has 0 aliphatic carbocycles. The van der Waals surface area contributed by atoms with E-state index in [-0.39, 0.29) is 12.1 Å². The van der Waals surface area contributed by atoms with Gasteiger partial charge in [0.05, 0.1) is 18.3 Å². The Bertz CT molecular complexity index is 948. The Morgan fingerprint density at radius 1 is 0.742 bits per heavy atom. The zero-order chi connectivity index (χ0) is 23.8. The zero-order valence-corrected chi connectivity index (χ0v) is 14.8. The minimum atomic E-state index is -5.34. The number of aromatic nitrogens is 2. The minimum Gasteiger partial charge on any atom is -0.387 e. The summed E-state index contributed by atoms with van der Waals surface area (Å²) < 4.78 is 116. The van der Waals surface area contributed by atoms with E-state index in [1.807, 2.05) is 0 Å². The van der Waals surface area contributed by atoms with Gasteiger partial charge in [0, 0.05) is 6.20 Å². The van der Waals surface area contributed by atoms with E-state index in [1.165, 1.54) is 6.07 Å². The molecule has 168 valence electrons. The van der Waals surface area contributed by atoms with Gasteiger partial charge in [-0.2, -0.15) is 44.8 Å². The number of nitrogens with zero attached hydrogens (tertiary/aromatic N) is 3. The second-order valence-electron chi connectivity index (χ2n) is 6.18. The number of aliphatic hydroxyl groups is 2. The van der Waals surface area contributed by atoms with Gasteiger partial charge in [-0.25, -0.2) is 4.98 Å². The molecule has 0 aliphatic heterocycles. The summed E-state index contributed by atoms with van der Waals surface area (Å²) in [5, 5.41) is 29.7. The summed E-state index contributed by atoms with van der Waals surface area (Å²) in [5.74, 6) is -2.13. The van der Waals surface area contributed by atoms with Gasteiger partial charge in [-0.15, -0.1) is 0 Å². The van der Waals surface area contributed by atoms with Crippen molar-refractivity contribution in [3.05, 3.63) is 58.7 Å². The van der Waals surface area contributed by atoms with Crippen molar-refractivity contribution in [3.63, 3.8) is 0 Å². The number of pyridine rings is 2. The first kappa shape index (κ1) is 24.4. The molecule has 14 heteroatoms. The van der Waals surface area contributed by atoms with Gasteiger partial charge in [-0.3, -0.25) is 4.98 Å². The molecular formula is C17H10F9N3O2. The van der Waals surface area contributed by atoms with E-state index in [1.54, 1.807) is 0 Å². The Morgan fingerprint density at radius 2 is 1.16 bits per heavy atom. The molecule has 0 radical (unpaired) electrons. The van der Waals surface area contributed by atoms with Crippen LogP contribution in [0.15, 0.2) is 30.5 Å². The molecule has 2 rings (SSSR count). The molecule has 0 fully saturated rings. The number of rotatable bonds is 4. The van der Waals surface area contributed by atoms with Crippen molar-refractivity contribution >= 4 is 0 Å². The SMILES string of the molecule is N#CC(C(O)c1ccnc(C(F)(F)F)c1)C(O)c1cc(C(F)(F)F)nc(C(F)(F)F)c1. The quantitative estimate of drug-likeness (QED) is 0.660. The summed E-state index contributed by atoms with van der Waals surface area (Å²) in [5.41, 5.74) is -7.17. The molecule has 5 nitrogen and oxygen atoms in total. The molecule has 2 heterocycles. The minimum absolute atomic E-state index is 0.0463. The second-order valence-corrected chi connectivity index (χ2v) is 6.18. The molecular weight excluding hydrogens is 449 g/mol. The van der Waals surface area contributed by atoms with E-state index in [2.05, 4.69) is 9.97 Å². The van der Waals surface area contributed by atoms with E-state index in [0.717, 1.165) is 6.07 Å². The molecule has 0 aromatic carbocycles. The highest BCUT2D eigenvalue weighted by Gasteiger charge is 2.41. The topological polar surface area (TPSA) is 90.0 Å². The number of hydrogen-bond acceptors (Lipinski definition) is 5. The highest BCUT2D eigenvalue weighted by atomic mass is 19.4. The van der Waals surface area contributed by atoms with Crippen LogP contribution in [0.1, 0.15) is 40.4 Å². The van der Waals surface area contributed by atoms with Crippen LogP contribution < -0.4 is 0 Å². The van der Waals surface area contributed by atoms with Gasteiger partial charge in [-0.1, -0.05) is 0 Å². The summed E-state index contributed by atoms with van der Waals surface area (Å²) >= 11 is 0. The predicted octanol–water partition coefficient (Wildman–Crippen LogP) is 4.44. The maximum absolute atomic E-state index is 12.9. The van der Waals surface area contributed by atoms with E-state index >= 15 is 0 Å². The van der Waals surface area contributed by atoms with Crippen molar-refractivity contribution in [1.29, 1.82) is 5.26 Å². The normalized spacial score (nSPS) is 15.8. The third-order valence-electron chi connectivity index (χ3n) is 4.02. The van der Waals surface area contributed by atoms with Gasteiger partial charge < -0.3 is 10.2 Å². The molecule has 31 heavy (non-hydrogen) atoms. The molecule has 0 aliphatic rings. The largest absolute Gasteiger partial charge is 0.433 e. The number of alkyl halides is 9. The number of hydrogen-bond donors (Lipinski definition) is 2. The van der Waals surface area contributed by atoms with Gasteiger partial charge in [0.2, 0.25) is 0 Å². The first-order valence-electron chi connectivity index (χ1n) is 8.01. The maximum Gasteiger partial charge on any atom is 0.433 e. The van der Waals surface area contributed by atoms with E-state index in [9.17, 15) is 55.0 Å². The molecule has 0 amide bonds. The summed E-state index contributed by atoms with van der Waals surface area (Å²) in [7, 11) is 0. The van der Waals surface area contributed by atoms with Gasteiger partial charge in [-0.05, 0) is 35.4 Å². The lowest BCUT2D eigenvalue weighted by atomic mass is 9.88. The number of halogens is 9. The van der Waals surface area contributed by atoms with Crippen LogP contribution in [-0.4, -0.2) is 20.2 Å². The van der Waals surface area contributed by atoms with Crippen molar-refractivity contribution in [1.82, 2.24) is 9.97 Å². The Morgan fingerprint density at radius 3 is 1.58 bits per heavy atom. The van der Waals surface area contributed by atoms with Gasteiger partial charge in [0.1, 0.15) is 23.0 Å². The first-order valence-corrected chi connectivity index (χ1v) is 8.01. The lowest BCUT2D eigenvalue weighted by molar-refractivity contribution is -0.150. The van der Waals surface area contributed by atoms with Crippen molar-refractivity contribution in [3.8, 4) is 6.07 Å². The summed E-state index contributed by atoms with van der Waals surface area (Å²) in [6, 6.07) is 2.55. The lowest BCUT2D eigenvalue weighted by Gasteiger charge is -2.24. The average Bonchev–Trinajstić information content (AvgIpc) is 2.66. The van der Waals surface area contributed by atoms with Gasteiger partial charge in [0.25, 0.3) is 0 Å². The van der Waals surface area contributed by atoms with Crippen LogP contribution in [0.25, 0.3) is 0 Å². The maximum atomic E-state index is 12.9. The van der Waals surface area contributed by atoms with Crippen molar-refractivity contribution in [2.24, 2.45) is 5.92 Å². The van der Waals surface area contributed by atoms with Crippen LogP contribution in [0.3, 0.4) is 0 Å². The van der Waals surface area contributed by atoms with E-state index in [0.29, 0.717) is 12.3 Å². The van der Waals surface area contributed by atoms with Gasteiger partial charge in [0.15, 0.2) is 0 Å². The van der Waals surface area contributed by atoms with Crippen LogP contribution in [0, 0.1) is 17.2 Å². The van der Waals surface area contributed by atoms with Crippen LogP contribution in [-0.2, 0) is 18.5 Å². The third kappa shape index (κ3) is 5.61. The predicted molar refractivity (Wildman–Crippen MR) is 82.5 cm³/mol. The lowest BCUT2D eigenvalue weighted by Crippen LogP contribution is -2.22. The molecule has 0 bridgehead atoms. The van der Waals surface area contributed by atoms with Crippen LogP contribution in [0.2, 0.25) is 0 Å². The third-order valence-corrected chi connectivity index (χ3v) is 4.02. The molecule has 2 aromatic heterocycles. The monoisotopic (exact) mass is 459 g/mol. The van der Waals surface area contributed by atoms with E-state index < -0.39 is 64.9 Å². The van der Waals surface area contributed by atoms with Crippen molar-refractivity contribution < 1.29 is 49.7 Å². The fraction of sp³-hybridized carbons (Fsp3) is 0.353. The van der Waals surface area contributed by atoms with Crippen LogP contribution >= 0.6 is 0 Å². The zero-order valence-electron chi connectivity index (χ0n) is 14.8. The van der Waals surface area contributed by atoms with Crippen LogP contribution in [0.5, 0.6) is 0 Å². The van der Waals surface area contributed by atoms with Crippen molar-refractivity contribution in [2.75, 3.05) is 0 Å². The van der Waals surface area contributed by atoms with Crippen LogP contribution in [0.4, 0.5) is 39.5 Å². The summed E-state index contributed by atoms with van der Waals surface area (Å²) in [6.07, 6.45) is -19.6. The Balaban J connectivity index is 2.51. The average molecular weight is 459 g/mol. The highest BCUT2D eigenvalue weighted by Crippen LogP contribution is 2.39. The molecule has 2 aromatic rings. The molecule has 3 unspecified atom stereocenters. The fourth-order valence-electron chi connectivity index (χ4n) is 2.53. The highest BCUT2D eigenvalue weighted by molar-refractivity contribution is 5.30. The number of aliphatic hydroxyl groups excluding tert-OH is 2. The molecule has 0 spiro atoms. The standard InChI is InChI=1S/C17H10F9N3O2/c18-15(19,20)10-3-7(1-2-28-10)13(30)9(6-27)14(31)8-4-11(16(21,22)23)29-12(5-8)17(24,25)26/h1-5,9,13-14,30-31H. The Hall–Kier alpha value is -2.92. The Labute approximate surface area is 167 Å². The fourth-order valence-corrected chi connectivity index (χ4v) is 2.53. The second kappa shape index (κ2) is 8.31. The van der Waals surface area contributed by atoms with Gasteiger partial charge >= 0.3 is 18.5 Å². The van der Waals surface area contributed by atoms with E-state index in [4.69, 9.17) is 0 Å².